The minimum atomic E-state index is -0.273. The first-order valence-corrected chi connectivity index (χ1v) is 3.58. The maximum Gasteiger partial charge on any atom is 0.205 e. The third kappa shape index (κ3) is 0.845. The van der Waals surface area contributed by atoms with E-state index in [2.05, 4.69) is 4.98 Å². The van der Waals surface area contributed by atoms with Gasteiger partial charge in [-0.2, -0.15) is 0 Å². The highest BCUT2D eigenvalue weighted by Gasteiger charge is 2.04. The second-order valence-electron chi connectivity index (χ2n) is 2.66. The fraction of sp³-hybridized carbons (Fsp3) is 0.125. The number of pyridine rings is 1. The maximum atomic E-state index is 12.7. The first kappa shape index (κ1) is 7.09. The quantitative estimate of drug-likeness (QED) is 0.640. The average Bonchev–Trinajstić information content (AvgIpc) is 2.28. The number of rotatable bonds is 0. The van der Waals surface area contributed by atoms with Gasteiger partial charge in [0.25, 0.3) is 0 Å². The number of aromatic nitrogens is 2. The van der Waals surface area contributed by atoms with Crippen molar-refractivity contribution in [2.24, 2.45) is 0 Å². The van der Waals surface area contributed by atoms with Crippen molar-refractivity contribution in [1.82, 2.24) is 9.38 Å². The summed E-state index contributed by atoms with van der Waals surface area (Å²) in [6.07, 6.45) is 1.57. The van der Waals surface area contributed by atoms with Gasteiger partial charge in [-0.05, 0) is 19.1 Å². The molecule has 0 saturated carbocycles. The molecule has 0 bridgehead atoms. The fourth-order valence-electron chi connectivity index (χ4n) is 1.24. The summed E-state index contributed by atoms with van der Waals surface area (Å²) in [4.78, 5) is 4.01. The van der Waals surface area contributed by atoms with Crippen LogP contribution in [0, 0.1) is 12.7 Å². The molecular formula is C8H8FN3. The summed E-state index contributed by atoms with van der Waals surface area (Å²) in [6.45, 7) is 1.80. The summed E-state index contributed by atoms with van der Waals surface area (Å²) in [5, 5.41) is 0. The van der Waals surface area contributed by atoms with Crippen LogP contribution in [-0.2, 0) is 0 Å². The second kappa shape index (κ2) is 2.20. The molecule has 2 rings (SSSR count). The van der Waals surface area contributed by atoms with Crippen molar-refractivity contribution in [3.63, 3.8) is 0 Å². The lowest BCUT2D eigenvalue weighted by Crippen LogP contribution is -1.93. The zero-order valence-electron chi connectivity index (χ0n) is 6.58. The Bertz CT molecular complexity index is 433. The van der Waals surface area contributed by atoms with E-state index >= 15 is 0 Å². The van der Waals surface area contributed by atoms with Crippen LogP contribution in [0.15, 0.2) is 18.3 Å². The molecule has 62 valence electrons. The van der Waals surface area contributed by atoms with E-state index in [0.29, 0.717) is 11.5 Å². The molecule has 0 atom stereocenters. The largest absolute Gasteiger partial charge is 0.369 e. The molecule has 0 unspecified atom stereocenters. The summed E-state index contributed by atoms with van der Waals surface area (Å²) in [7, 11) is 0. The van der Waals surface area contributed by atoms with Gasteiger partial charge in [0.1, 0.15) is 5.82 Å². The first-order chi connectivity index (χ1) is 5.68. The van der Waals surface area contributed by atoms with Crippen molar-refractivity contribution in [3.8, 4) is 0 Å². The Morgan fingerprint density at radius 3 is 3.08 bits per heavy atom. The molecule has 2 aromatic heterocycles. The van der Waals surface area contributed by atoms with E-state index < -0.39 is 0 Å². The third-order valence-corrected chi connectivity index (χ3v) is 1.82. The molecule has 0 amide bonds. The molecule has 0 fully saturated rings. The van der Waals surface area contributed by atoms with Crippen molar-refractivity contribution in [2.75, 3.05) is 5.73 Å². The highest BCUT2D eigenvalue weighted by molar-refractivity contribution is 5.56. The van der Waals surface area contributed by atoms with Gasteiger partial charge in [-0.15, -0.1) is 0 Å². The second-order valence-corrected chi connectivity index (χ2v) is 2.66. The molecule has 2 heterocycles. The predicted octanol–water partition coefficient (Wildman–Crippen LogP) is 1.36. The topological polar surface area (TPSA) is 43.3 Å². The zero-order valence-corrected chi connectivity index (χ0v) is 6.58. The van der Waals surface area contributed by atoms with Gasteiger partial charge in [-0.1, -0.05) is 0 Å². The van der Waals surface area contributed by atoms with Crippen LogP contribution in [0.1, 0.15) is 5.69 Å². The van der Waals surface area contributed by atoms with Crippen molar-refractivity contribution >= 4 is 11.5 Å². The monoisotopic (exact) mass is 165 g/mol. The number of nitrogens with two attached hydrogens (primary N) is 1. The van der Waals surface area contributed by atoms with Crippen LogP contribution >= 0.6 is 0 Å². The summed E-state index contributed by atoms with van der Waals surface area (Å²) >= 11 is 0. The number of nitrogen functional groups attached to an aromatic ring is 1. The van der Waals surface area contributed by atoms with Crippen LogP contribution in [0.3, 0.4) is 0 Å². The molecule has 0 radical (unpaired) electrons. The van der Waals surface area contributed by atoms with Gasteiger partial charge in [0, 0.05) is 6.20 Å². The number of anilines is 1. The molecule has 0 aromatic carbocycles. The van der Waals surface area contributed by atoms with Crippen LogP contribution in [0.2, 0.25) is 0 Å². The predicted molar refractivity (Wildman–Crippen MR) is 44.3 cm³/mol. The standard InChI is InChI=1S/C8H8FN3/c1-5-7-4-6(9)2-3-12(7)8(10)11-5/h2-4H,1H3,(H2,10,11). The van der Waals surface area contributed by atoms with E-state index in [1.165, 1.54) is 12.1 Å². The molecule has 2 aromatic rings. The van der Waals surface area contributed by atoms with Gasteiger partial charge < -0.3 is 5.73 Å². The lowest BCUT2D eigenvalue weighted by molar-refractivity contribution is 0.627. The van der Waals surface area contributed by atoms with Crippen molar-refractivity contribution in [3.05, 3.63) is 29.8 Å². The van der Waals surface area contributed by atoms with Gasteiger partial charge in [0.15, 0.2) is 0 Å². The molecule has 2 N–H and O–H groups in total. The zero-order chi connectivity index (χ0) is 8.72. The Hall–Kier alpha value is -1.58. The number of hydrogen-bond donors (Lipinski definition) is 1. The minimum absolute atomic E-state index is 0.273. The Balaban J connectivity index is 2.90. The highest BCUT2D eigenvalue weighted by Crippen LogP contribution is 2.14. The number of aryl methyl sites for hydroxylation is 1. The lowest BCUT2D eigenvalue weighted by atomic mass is 10.3. The summed E-state index contributed by atoms with van der Waals surface area (Å²) in [6, 6.07) is 2.77. The highest BCUT2D eigenvalue weighted by atomic mass is 19.1. The van der Waals surface area contributed by atoms with Crippen LogP contribution < -0.4 is 5.73 Å². The first-order valence-electron chi connectivity index (χ1n) is 3.58. The van der Waals surface area contributed by atoms with Crippen molar-refractivity contribution < 1.29 is 4.39 Å². The number of fused-ring (bicyclic) bond motifs is 1. The van der Waals surface area contributed by atoms with Crippen LogP contribution in [0.4, 0.5) is 10.3 Å². The van der Waals surface area contributed by atoms with Gasteiger partial charge >= 0.3 is 0 Å². The Morgan fingerprint density at radius 2 is 2.33 bits per heavy atom. The van der Waals surface area contributed by atoms with Gasteiger partial charge in [0.05, 0.1) is 11.2 Å². The van der Waals surface area contributed by atoms with Gasteiger partial charge in [0.2, 0.25) is 5.95 Å². The lowest BCUT2D eigenvalue weighted by Gasteiger charge is -1.94. The van der Waals surface area contributed by atoms with E-state index in [0.717, 1.165) is 5.69 Å². The van der Waals surface area contributed by atoms with Crippen molar-refractivity contribution in [1.29, 1.82) is 0 Å². The molecule has 0 saturated heterocycles. The van der Waals surface area contributed by atoms with E-state index in [1.807, 2.05) is 0 Å². The van der Waals surface area contributed by atoms with E-state index in [4.69, 9.17) is 5.73 Å². The summed E-state index contributed by atoms with van der Waals surface area (Å²) in [5.74, 6) is 0.119. The molecule has 0 aliphatic carbocycles. The molecular weight excluding hydrogens is 157 g/mol. The number of nitrogens with zero attached hydrogens (tertiary/aromatic N) is 2. The summed E-state index contributed by atoms with van der Waals surface area (Å²) in [5.41, 5.74) is 7.01. The number of imidazole rings is 1. The van der Waals surface area contributed by atoms with Crippen molar-refractivity contribution in [2.45, 2.75) is 6.92 Å². The van der Waals surface area contributed by atoms with Crippen LogP contribution in [-0.4, -0.2) is 9.38 Å². The number of hydrogen-bond acceptors (Lipinski definition) is 2. The number of halogens is 1. The molecule has 0 spiro atoms. The summed E-state index contributed by atoms with van der Waals surface area (Å²) < 4.78 is 14.4. The molecule has 0 aliphatic heterocycles. The SMILES string of the molecule is Cc1nc(N)n2ccc(F)cc12. The molecule has 3 nitrogen and oxygen atoms in total. The third-order valence-electron chi connectivity index (χ3n) is 1.82. The van der Waals surface area contributed by atoms with Crippen LogP contribution in [0.5, 0.6) is 0 Å². The average molecular weight is 165 g/mol. The Labute approximate surface area is 68.6 Å². The normalized spacial score (nSPS) is 10.8. The maximum absolute atomic E-state index is 12.7. The van der Waals surface area contributed by atoms with E-state index in [-0.39, 0.29) is 5.82 Å². The molecule has 0 aliphatic rings. The minimum Gasteiger partial charge on any atom is -0.369 e. The Morgan fingerprint density at radius 1 is 1.58 bits per heavy atom. The fourth-order valence-corrected chi connectivity index (χ4v) is 1.24. The van der Waals surface area contributed by atoms with E-state index in [1.54, 1.807) is 17.5 Å². The smallest absolute Gasteiger partial charge is 0.205 e. The van der Waals surface area contributed by atoms with Gasteiger partial charge in [-0.25, -0.2) is 9.37 Å². The van der Waals surface area contributed by atoms with E-state index in [9.17, 15) is 4.39 Å². The molecule has 12 heavy (non-hydrogen) atoms. The molecule has 4 heteroatoms. The van der Waals surface area contributed by atoms with Crippen LogP contribution in [0.25, 0.3) is 5.52 Å². The van der Waals surface area contributed by atoms with Gasteiger partial charge in [-0.3, -0.25) is 4.40 Å². The Kier molecular flexibility index (Phi) is 1.30.